The van der Waals surface area contributed by atoms with Crippen LogP contribution in [0.3, 0.4) is 0 Å². The van der Waals surface area contributed by atoms with Crippen molar-refractivity contribution < 1.29 is 13.2 Å². The lowest BCUT2D eigenvalue weighted by molar-refractivity contribution is 0.102. The van der Waals surface area contributed by atoms with Gasteiger partial charge in [-0.2, -0.15) is 4.31 Å². The standard InChI is InChI=1S/C18H22N2O3S2/c1-4-20(5-2)25(22,23)17-12-8-15(9-13-17)19-18(21)14-6-10-16(24-3)11-7-14/h6-13H,4-5H2,1-3H3,(H,19,21). The topological polar surface area (TPSA) is 66.5 Å². The SMILES string of the molecule is CCN(CC)S(=O)(=O)c1ccc(NC(=O)c2ccc(SC)cc2)cc1. The van der Waals surface area contributed by atoms with E-state index in [0.29, 0.717) is 24.3 Å². The molecule has 0 saturated carbocycles. The number of nitrogens with zero attached hydrogens (tertiary/aromatic N) is 1. The summed E-state index contributed by atoms with van der Waals surface area (Å²) in [5, 5.41) is 2.78. The van der Waals surface area contributed by atoms with Crippen LogP contribution in [0.1, 0.15) is 24.2 Å². The average molecular weight is 379 g/mol. The zero-order valence-corrected chi connectivity index (χ0v) is 16.2. The molecule has 134 valence electrons. The number of carbonyl (C=O) groups excluding carboxylic acids is 1. The van der Waals surface area contributed by atoms with E-state index in [2.05, 4.69) is 5.32 Å². The van der Waals surface area contributed by atoms with Gasteiger partial charge in [0.25, 0.3) is 5.91 Å². The molecule has 1 N–H and O–H groups in total. The molecular weight excluding hydrogens is 356 g/mol. The number of nitrogens with one attached hydrogen (secondary N) is 1. The van der Waals surface area contributed by atoms with Crippen LogP contribution in [0.4, 0.5) is 5.69 Å². The number of benzene rings is 2. The van der Waals surface area contributed by atoms with Crippen molar-refractivity contribution in [2.24, 2.45) is 0 Å². The zero-order chi connectivity index (χ0) is 18.4. The first-order chi connectivity index (χ1) is 11.9. The van der Waals surface area contributed by atoms with Gasteiger partial charge in [-0.05, 0) is 54.8 Å². The summed E-state index contributed by atoms with van der Waals surface area (Å²) in [5.74, 6) is -0.230. The van der Waals surface area contributed by atoms with Crippen LogP contribution in [0.5, 0.6) is 0 Å². The van der Waals surface area contributed by atoms with Gasteiger partial charge in [-0.3, -0.25) is 4.79 Å². The first-order valence-corrected chi connectivity index (χ1v) is 10.6. The van der Waals surface area contributed by atoms with E-state index < -0.39 is 10.0 Å². The lowest BCUT2D eigenvalue weighted by Gasteiger charge is -2.18. The Balaban J connectivity index is 2.13. The smallest absolute Gasteiger partial charge is 0.255 e. The number of hydrogen-bond acceptors (Lipinski definition) is 4. The lowest BCUT2D eigenvalue weighted by atomic mass is 10.2. The van der Waals surface area contributed by atoms with E-state index >= 15 is 0 Å². The fourth-order valence-corrected chi connectivity index (χ4v) is 4.23. The van der Waals surface area contributed by atoms with E-state index in [-0.39, 0.29) is 10.8 Å². The van der Waals surface area contributed by atoms with Gasteiger partial charge in [0.1, 0.15) is 0 Å². The molecule has 0 atom stereocenters. The van der Waals surface area contributed by atoms with Crippen LogP contribution in [0.2, 0.25) is 0 Å². The van der Waals surface area contributed by atoms with Crippen molar-refractivity contribution in [2.45, 2.75) is 23.6 Å². The number of sulfonamides is 1. The normalized spacial score (nSPS) is 11.5. The third-order valence-corrected chi connectivity index (χ3v) is 6.62. The fourth-order valence-electron chi connectivity index (χ4n) is 2.37. The molecule has 0 fully saturated rings. The summed E-state index contributed by atoms with van der Waals surface area (Å²) in [6.07, 6.45) is 1.98. The van der Waals surface area contributed by atoms with Gasteiger partial charge < -0.3 is 5.32 Å². The highest BCUT2D eigenvalue weighted by Gasteiger charge is 2.21. The van der Waals surface area contributed by atoms with Crippen molar-refractivity contribution in [3.63, 3.8) is 0 Å². The maximum atomic E-state index is 12.4. The summed E-state index contributed by atoms with van der Waals surface area (Å²) >= 11 is 1.61. The van der Waals surface area contributed by atoms with E-state index in [1.807, 2.05) is 18.4 Å². The lowest BCUT2D eigenvalue weighted by Crippen LogP contribution is -2.30. The Morgan fingerprint density at radius 3 is 2.04 bits per heavy atom. The van der Waals surface area contributed by atoms with Crippen LogP contribution in [-0.2, 0) is 10.0 Å². The molecule has 0 radical (unpaired) electrons. The van der Waals surface area contributed by atoms with Gasteiger partial charge in [0.15, 0.2) is 0 Å². The van der Waals surface area contributed by atoms with Crippen LogP contribution in [0.15, 0.2) is 58.3 Å². The molecule has 0 saturated heterocycles. The quantitative estimate of drug-likeness (QED) is 0.746. The number of hydrogen-bond donors (Lipinski definition) is 1. The number of thioether (sulfide) groups is 1. The minimum absolute atomic E-state index is 0.221. The monoisotopic (exact) mass is 378 g/mol. The van der Waals surface area contributed by atoms with Gasteiger partial charge in [0.05, 0.1) is 4.90 Å². The van der Waals surface area contributed by atoms with Crippen molar-refractivity contribution >= 4 is 33.4 Å². The second kappa shape index (κ2) is 8.51. The summed E-state index contributed by atoms with van der Waals surface area (Å²) in [6, 6.07) is 13.5. The molecule has 0 aliphatic rings. The molecule has 0 aliphatic carbocycles. The Labute approximate surface area is 153 Å². The van der Waals surface area contributed by atoms with Gasteiger partial charge in [-0.1, -0.05) is 13.8 Å². The van der Waals surface area contributed by atoms with Gasteiger partial charge in [-0.15, -0.1) is 11.8 Å². The highest BCUT2D eigenvalue weighted by molar-refractivity contribution is 7.98. The minimum atomic E-state index is -3.49. The highest BCUT2D eigenvalue weighted by Crippen LogP contribution is 2.19. The van der Waals surface area contributed by atoms with Crippen LogP contribution in [0.25, 0.3) is 0 Å². The largest absolute Gasteiger partial charge is 0.322 e. The fraction of sp³-hybridized carbons (Fsp3) is 0.278. The van der Waals surface area contributed by atoms with Gasteiger partial charge in [0.2, 0.25) is 10.0 Å². The van der Waals surface area contributed by atoms with Gasteiger partial charge in [-0.25, -0.2) is 8.42 Å². The Hall–Kier alpha value is -1.83. The first kappa shape index (κ1) is 19.5. The molecule has 0 bridgehead atoms. The molecule has 0 spiro atoms. The average Bonchev–Trinajstić information content (AvgIpc) is 2.63. The molecule has 7 heteroatoms. The molecule has 0 heterocycles. The second-order valence-corrected chi connectivity index (χ2v) is 8.11. The number of anilines is 1. The van der Waals surface area contributed by atoms with Crippen LogP contribution >= 0.6 is 11.8 Å². The number of amides is 1. The Bertz CT molecular complexity index is 812. The van der Waals surface area contributed by atoms with E-state index in [9.17, 15) is 13.2 Å². The molecular formula is C18H22N2O3S2. The molecule has 2 aromatic rings. The number of carbonyl (C=O) groups is 1. The van der Waals surface area contributed by atoms with E-state index in [1.54, 1.807) is 49.9 Å². The molecule has 0 unspecified atom stereocenters. The van der Waals surface area contributed by atoms with E-state index in [4.69, 9.17) is 0 Å². The van der Waals surface area contributed by atoms with Crippen LogP contribution in [-0.4, -0.2) is 38.0 Å². The summed E-state index contributed by atoms with van der Waals surface area (Å²) in [6.45, 7) is 4.45. The molecule has 5 nitrogen and oxygen atoms in total. The highest BCUT2D eigenvalue weighted by atomic mass is 32.2. The zero-order valence-electron chi connectivity index (χ0n) is 14.5. The Kier molecular flexibility index (Phi) is 6.64. The Morgan fingerprint density at radius 2 is 1.56 bits per heavy atom. The summed E-state index contributed by atoms with van der Waals surface area (Å²) < 4.78 is 26.3. The van der Waals surface area contributed by atoms with Crippen molar-refractivity contribution in [3.05, 3.63) is 54.1 Å². The van der Waals surface area contributed by atoms with Crippen molar-refractivity contribution in [1.29, 1.82) is 0 Å². The Morgan fingerprint density at radius 1 is 1.00 bits per heavy atom. The predicted octanol–water partition coefficient (Wildman–Crippen LogP) is 3.69. The maximum absolute atomic E-state index is 12.4. The predicted molar refractivity (Wildman–Crippen MR) is 103 cm³/mol. The van der Waals surface area contributed by atoms with Crippen molar-refractivity contribution in [3.8, 4) is 0 Å². The van der Waals surface area contributed by atoms with Crippen LogP contribution in [0, 0.1) is 0 Å². The molecule has 1 amide bonds. The third-order valence-electron chi connectivity index (χ3n) is 3.81. The summed E-state index contributed by atoms with van der Waals surface area (Å²) in [4.78, 5) is 13.6. The minimum Gasteiger partial charge on any atom is -0.322 e. The van der Waals surface area contributed by atoms with Crippen molar-refractivity contribution in [1.82, 2.24) is 4.31 Å². The van der Waals surface area contributed by atoms with Crippen molar-refractivity contribution in [2.75, 3.05) is 24.7 Å². The third kappa shape index (κ3) is 4.62. The second-order valence-electron chi connectivity index (χ2n) is 5.30. The molecule has 0 aliphatic heterocycles. The molecule has 2 rings (SSSR count). The van der Waals surface area contributed by atoms with E-state index in [1.165, 1.54) is 16.4 Å². The van der Waals surface area contributed by atoms with Gasteiger partial charge >= 0.3 is 0 Å². The number of rotatable bonds is 7. The summed E-state index contributed by atoms with van der Waals surface area (Å²) in [7, 11) is -3.49. The maximum Gasteiger partial charge on any atom is 0.255 e. The molecule has 2 aromatic carbocycles. The van der Waals surface area contributed by atoms with Gasteiger partial charge in [0, 0.05) is 29.2 Å². The first-order valence-electron chi connectivity index (χ1n) is 7.98. The summed E-state index contributed by atoms with van der Waals surface area (Å²) in [5.41, 5.74) is 1.11. The van der Waals surface area contributed by atoms with Crippen LogP contribution < -0.4 is 5.32 Å². The molecule has 25 heavy (non-hydrogen) atoms. The molecule has 0 aromatic heterocycles. The van der Waals surface area contributed by atoms with E-state index in [0.717, 1.165) is 4.90 Å².